The molecular weight excluding hydrogens is 371 g/mol. The molecule has 2 N–H and O–H groups in total. The number of benzene rings is 2. The third kappa shape index (κ3) is 6.70. The van der Waals surface area contributed by atoms with Gasteiger partial charge in [0.15, 0.2) is 0 Å². The fourth-order valence-corrected chi connectivity index (χ4v) is 2.44. The normalized spacial score (nSPS) is 12.5. The number of hydrogen-bond donors (Lipinski definition) is 2. The Morgan fingerprint density at radius 3 is 2.21 bits per heavy atom. The van der Waals surface area contributed by atoms with Gasteiger partial charge in [-0.05, 0) is 43.8 Å². The fraction of sp³-hybridized carbons (Fsp3) is 0.300. The number of nitrogens with zero attached hydrogens (tertiary/aromatic N) is 1. The van der Waals surface area contributed by atoms with Gasteiger partial charge in [-0.2, -0.15) is 13.2 Å². The molecule has 2 rings (SSSR count). The van der Waals surface area contributed by atoms with Crippen LogP contribution in [0.1, 0.15) is 22.8 Å². The average Bonchev–Trinajstić information content (AvgIpc) is 2.66. The molecule has 0 aromatic heterocycles. The first-order valence-electron chi connectivity index (χ1n) is 8.66. The summed E-state index contributed by atoms with van der Waals surface area (Å²) in [5, 5.41) is 4.66. The largest absolute Gasteiger partial charge is 0.405 e. The van der Waals surface area contributed by atoms with Crippen molar-refractivity contribution >= 4 is 17.5 Å². The van der Waals surface area contributed by atoms with Crippen LogP contribution in [0.4, 0.5) is 18.9 Å². The van der Waals surface area contributed by atoms with E-state index in [0.717, 1.165) is 5.56 Å². The molecule has 150 valence electrons. The standard InChI is InChI=1S/C20H22F3N3O2/c1-14(18(27)25-17-6-4-3-5-7-17)26(2)12-15-8-10-16(11-9-15)19(28)24-13-20(21,22)23/h3-11,14H,12-13H2,1-2H3,(H,24,28)(H,25,27). The number of nitrogens with one attached hydrogen (secondary N) is 2. The number of carbonyl (C=O) groups is 2. The molecule has 0 aliphatic rings. The summed E-state index contributed by atoms with van der Waals surface area (Å²) in [6, 6.07) is 14.9. The van der Waals surface area contributed by atoms with Gasteiger partial charge in [-0.3, -0.25) is 14.5 Å². The molecular formula is C20H22F3N3O2. The minimum absolute atomic E-state index is 0.144. The molecule has 0 aliphatic heterocycles. The second-order valence-corrected chi connectivity index (χ2v) is 6.44. The highest BCUT2D eigenvalue weighted by molar-refractivity contribution is 5.95. The Balaban J connectivity index is 1.90. The van der Waals surface area contributed by atoms with Crippen molar-refractivity contribution in [1.29, 1.82) is 0 Å². The number of amides is 2. The monoisotopic (exact) mass is 393 g/mol. The number of halogens is 3. The van der Waals surface area contributed by atoms with Crippen molar-refractivity contribution in [3.05, 3.63) is 65.7 Å². The number of alkyl halides is 3. The van der Waals surface area contributed by atoms with Gasteiger partial charge in [-0.25, -0.2) is 0 Å². The van der Waals surface area contributed by atoms with Crippen LogP contribution in [-0.2, 0) is 11.3 Å². The lowest BCUT2D eigenvalue weighted by Crippen LogP contribution is -2.39. The van der Waals surface area contributed by atoms with E-state index in [4.69, 9.17) is 0 Å². The third-order valence-corrected chi connectivity index (χ3v) is 4.18. The second kappa shape index (κ2) is 9.36. The lowest BCUT2D eigenvalue weighted by atomic mass is 10.1. The van der Waals surface area contributed by atoms with E-state index in [1.165, 1.54) is 12.1 Å². The molecule has 0 heterocycles. The van der Waals surface area contributed by atoms with Gasteiger partial charge in [0.05, 0.1) is 6.04 Å². The van der Waals surface area contributed by atoms with E-state index in [2.05, 4.69) is 5.32 Å². The molecule has 5 nitrogen and oxygen atoms in total. The van der Waals surface area contributed by atoms with Gasteiger partial charge in [0, 0.05) is 17.8 Å². The van der Waals surface area contributed by atoms with Crippen molar-refractivity contribution in [2.24, 2.45) is 0 Å². The van der Waals surface area contributed by atoms with E-state index >= 15 is 0 Å². The maximum Gasteiger partial charge on any atom is 0.405 e. The van der Waals surface area contributed by atoms with Crippen molar-refractivity contribution in [3.63, 3.8) is 0 Å². The zero-order valence-corrected chi connectivity index (χ0v) is 15.6. The van der Waals surface area contributed by atoms with Gasteiger partial charge in [-0.1, -0.05) is 30.3 Å². The molecule has 8 heteroatoms. The summed E-state index contributed by atoms with van der Waals surface area (Å²) in [7, 11) is 1.79. The minimum Gasteiger partial charge on any atom is -0.343 e. The molecule has 28 heavy (non-hydrogen) atoms. The summed E-state index contributed by atoms with van der Waals surface area (Å²) < 4.78 is 36.5. The molecule has 2 aromatic carbocycles. The molecule has 0 saturated carbocycles. The molecule has 0 saturated heterocycles. The van der Waals surface area contributed by atoms with Crippen LogP contribution < -0.4 is 10.6 Å². The molecule has 0 aliphatic carbocycles. The molecule has 0 bridgehead atoms. The average molecular weight is 393 g/mol. The number of carbonyl (C=O) groups excluding carboxylic acids is 2. The second-order valence-electron chi connectivity index (χ2n) is 6.44. The Labute approximate surface area is 161 Å². The minimum atomic E-state index is -4.45. The van der Waals surface area contributed by atoms with Crippen LogP contribution in [0.15, 0.2) is 54.6 Å². The topological polar surface area (TPSA) is 61.4 Å². The van der Waals surface area contributed by atoms with Crippen molar-refractivity contribution in [2.45, 2.75) is 25.7 Å². The van der Waals surface area contributed by atoms with E-state index in [-0.39, 0.29) is 11.5 Å². The maximum atomic E-state index is 12.3. The van der Waals surface area contributed by atoms with Crippen molar-refractivity contribution in [1.82, 2.24) is 10.2 Å². The molecule has 0 radical (unpaired) electrons. The molecule has 0 spiro atoms. The Bertz CT molecular complexity index is 793. The van der Waals surface area contributed by atoms with E-state index in [9.17, 15) is 22.8 Å². The highest BCUT2D eigenvalue weighted by Crippen LogP contribution is 2.14. The lowest BCUT2D eigenvalue weighted by Gasteiger charge is -2.24. The van der Waals surface area contributed by atoms with Gasteiger partial charge < -0.3 is 10.6 Å². The Morgan fingerprint density at radius 1 is 1.04 bits per heavy atom. The first-order chi connectivity index (χ1) is 13.2. The van der Waals surface area contributed by atoms with Crippen molar-refractivity contribution in [3.8, 4) is 0 Å². The van der Waals surface area contributed by atoms with Crippen LogP contribution in [0.2, 0.25) is 0 Å². The van der Waals surface area contributed by atoms with Crippen molar-refractivity contribution in [2.75, 3.05) is 18.9 Å². The van der Waals surface area contributed by atoms with Gasteiger partial charge in [-0.15, -0.1) is 0 Å². The zero-order chi connectivity index (χ0) is 20.7. The van der Waals surface area contributed by atoms with E-state index < -0.39 is 24.7 Å². The number of rotatable bonds is 7. The molecule has 2 aromatic rings. The smallest absolute Gasteiger partial charge is 0.343 e. The van der Waals surface area contributed by atoms with Crippen LogP contribution in [0.3, 0.4) is 0 Å². The van der Waals surface area contributed by atoms with Crippen molar-refractivity contribution < 1.29 is 22.8 Å². The predicted molar refractivity (Wildman–Crippen MR) is 101 cm³/mol. The SMILES string of the molecule is CC(C(=O)Nc1ccccc1)N(C)Cc1ccc(C(=O)NCC(F)(F)F)cc1. The lowest BCUT2D eigenvalue weighted by molar-refractivity contribution is -0.123. The number of likely N-dealkylation sites (N-methyl/N-ethyl adjacent to an activating group) is 1. The maximum absolute atomic E-state index is 12.3. The van der Waals surface area contributed by atoms with Gasteiger partial charge in [0.1, 0.15) is 6.54 Å². The van der Waals surface area contributed by atoms with Crippen LogP contribution in [-0.4, -0.2) is 42.5 Å². The van der Waals surface area contributed by atoms with Gasteiger partial charge >= 0.3 is 6.18 Å². The van der Waals surface area contributed by atoms with E-state index in [0.29, 0.717) is 12.2 Å². The first-order valence-corrected chi connectivity index (χ1v) is 8.66. The molecule has 1 atom stereocenters. The number of anilines is 1. The van der Waals surface area contributed by atoms with Gasteiger partial charge in [0.25, 0.3) is 5.91 Å². The zero-order valence-electron chi connectivity index (χ0n) is 15.6. The summed E-state index contributed by atoms with van der Waals surface area (Å²) in [5.74, 6) is -0.940. The fourth-order valence-electron chi connectivity index (χ4n) is 2.44. The summed E-state index contributed by atoms with van der Waals surface area (Å²) in [5.41, 5.74) is 1.68. The predicted octanol–water partition coefficient (Wildman–Crippen LogP) is 3.44. The molecule has 2 amide bonds. The summed E-state index contributed by atoms with van der Waals surface area (Å²) >= 11 is 0. The molecule has 1 unspecified atom stereocenters. The summed E-state index contributed by atoms with van der Waals surface area (Å²) in [4.78, 5) is 25.9. The summed E-state index contributed by atoms with van der Waals surface area (Å²) in [6.07, 6.45) is -4.45. The number of para-hydroxylation sites is 1. The third-order valence-electron chi connectivity index (χ3n) is 4.18. The molecule has 0 fully saturated rings. The first kappa shape index (κ1) is 21.4. The Kier molecular flexibility index (Phi) is 7.17. The highest BCUT2D eigenvalue weighted by atomic mass is 19.4. The number of hydrogen-bond acceptors (Lipinski definition) is 3. The van der Waals surface area contributed by atoms with E-state index in [1.54, 1.807) is 38.2 Å². The summed E-state index contributed by atoms with van der Waals surface area (Å²) in [6.45, 7) is 0.843. The Morgan fingerprint density at radius 2 is 1.64 bits per heavy atom. The van der Waals surface area contributed by atoms with E-state index in [1.807, 2.05) is 28.4 Å². The van der Waals surface area contributed by atoms with Crippen LogP contribution in [0.5, 0.6) is 0 Å². The quantitative estimate of drug-likeness (QED) is 0.758. The van der Waals surface area contributed by atoms with Crippen LogP contribution >= 0.6 is 0 Å². The van der Waals surface area contributed by atoms with Gasteiger partial charge in [0.2, 0.25) is 5.91 Å². The van der Waals surface area contributed by atoms with Crippen LogP contribution in [0, 0.1) is 0 Å². The highest BCUT2D eigenvalue weighted by Gasteiger charge is 2.27. The Hall–Kier alpha value is -2.87. The van der Waals surface area contributed by atoms with Crippen LogP contribution in [0.25, 0.3) is 0 Å².